The van der Waals surface area contributed by atoms with Gasteiger partial charge in [0.2, 0.25) is 5.75 Å². The predicted octanol–water partition coefficient (Wildman–Crippen LogP) is 5.45. The van der Waals surface area contributed by atoms with Crippen molar-refractivity contribution in [3.8, 4) is 17.2 Å². The van der Waals surface area contributed by atoms with E-state index in [0.29, 0.717) is 34.9 Å². The number of carbonyl (C=O) groups excluding carboxylic acids is 1. The average Bonchev–Trinajstić information content (AvgIpc) is 2.83. The molecule has 5 nitrogen and oxygen atoms in total. The Kier molecular flexibility index (Phi) is 7.70. The monoisotopic (exact) mass is 429 g/mol. The van der Waals surface area contributed by atoms with Gasteiger partial charge >= 0.3 is 0 Å². The molecule has 3 aromatic carbocycles. The van der Waals surface area contributed by atoms with E-state index < -0.39 is 0 Å². The molecule has 0 aromatic heterocycles. The smallest absolute Gasteiger partial charge is 0.203 e. The molecular formula is C27H27NO4. The number of carbonyl (C=O) groups is 1. The number of hydrogen-bond acceptors (Lipinski definition) is 5. The number of ketones is 1. The van der Waals surface area contributed by atoms with E-state index >= 15 is 0 Å². The van der Waals surface area contributed by atoms with E-state index in [0.717, 1.165) is 16.7 Å². The van der Waals surface area contributed by atoms with Gasteiger partial charge in [-0.15, -0.1) is 0 Å². The van der Waals surface area contributed by atoms with Crippen molar-refractivity contribution < 1.29 is 19.0 Å². The van der Waals surface area contributed by atoms with Gasteiger partial charge in [-0.2, -0.15) is 0 Å². The van der Waals surface area contributed by atoms with Crippen LogP contribution in [0.1, 0.15) is 27.0 Å². The highest BCUT2D eigenvalue weighted by atomic mass is 16.5. The minimum atomic E-state index is -0.0325. The van der Waals surface area contributed by atoms with Crippen LogP contribution in [0.15, 0.2) is 72.8 Å². The van der Waals surface area contributed by atoms with Gasteiger partial charge in [0.25, 0.3) is 0 Å². The molecule has 0 amide bonds. The maximum absolute atomic E-state index is 12.2. The van der Waals surface area contributed by atoms with Gasteiger partial charge in [0.1, 0.15) is 0 Å². The summed E-state index contributed by atoms with van der Waals surface area (Å²) in [5.41, 5.74) is 10.0. The maximum atomic E-state index is 12.2. The molecule has 0 aliphatic carbocycles. The number of nitrogen functional groups attached to an aromatic ring is 1. The van der Waals surface area contributed by atoms with E-state index in [1.54, 1.807) is 51.7 Å². The predicted molar refractivity (Wildman–Crippen MR) is 129 cm³/mol. The first-order valence-corrected chi connectivity index (χ1v) is 10.2. The number of benzene rings is 3. The third kappa shape index (κ3) is 5.79. The number of hydrogen-bond donors (Lipinski definition) is 1. The first-order valence-electron chi connectivity index (χ1n) is 10.2. The van der Waals surface area contributed by atoms with Gasteiger partial charge in [-0.1, -0.05) is 42.5 Å². The number of rotatable bonds is 9. The molecule has 0 radical (unpaired) electrons. The number of allylic oxidation sites excluding steroid dienone is 2. The van der Waals surface area contributed by atoms with Crippen LogP contribution in [0.25, 0.3) is 12.2 Å². The van der Waals surface area contributed by atoms with Crippen molar-refractivity contribution in [3.63, 3.8) is 0 Å². The SMILES string of the molecule is COc1cc(/C=C\c2ccc(C/C=C\C(=O)c3ccc(N)cc3)cc2)cc(OC)c1OC. The van der Waals surface area contributed by atoms with Crippen LogP contribution in [0.3, 0.4) is 0 Å². The number of ether oxygens (including phenoxy) is 3. The summed E-state index contributed by atoms with van der Waals surface area (Å²) in [6, 6.07) is 18.9. The highest BCUT2D eigenvalue weighted by Crippen LogP contribution is 2.38. The van der Waals surface area contributed by atoms with E-state index in [9.17, 15) is 4.79 Å². The molecule has 2 N–H and O–H groups in total. The molecule has 32 heavy (non-hydrogen) atoms. The molecule has 0 atom stereocenters. The number of nitrogens with two attached hydrogens (primary N) is 1. The second-order valence-corrected chi connectivity index (χ2v) is 7.13. The van der Waals surface area contributed by atoms with Crippen LogP contribution < -0.4 is 19.9 Å². The van der Waals surface area contributed by atoms with E-state index in [4.69, 9.17) is 19.9 Å². The van der Waals surface area contributed by atoms with Crippen LogP contribution in [0.4, 0.5) is 5.69 Å². The van der Waals surface area contributed by atoms with Gasteiger partial charge in [-0.3, -0.25) is 4.79 Å². The zero-order valence-corrected chi connectivity index (χ0v) is 18.5. The standard InChI is InChI=1S/C27H27NO4/c1-30-25-17-21(18-26(31-2)27(25)32-3)12-11-20-9-7-19(8-10-20)5-4-6-24(29)22-13-15-23(28)16-14-22/h4,6-18H,5,28H2,1-3H3/b6-4-,12-11-. The Hall–Kier alpha value is -3.99. The van der Waals surface area contributed by atoms with Gasteiger partial charge in [-0.05, 0) is 65.6 Å². The molecule has 0 aliphatic rings. The van der Waals surface area contributed by atoms with E-state index in [-0.39, 0.29) is 5.78 Å². The lowest BCUT2D eigenvalue weighted by molar-refractivity contribution is 0.104. The summed E-state index contributed by atoms with van der Waals surface area (Å²) in [5, 5.41) is 0. The molecule has 5 heteroatoms. The van der Waals surface area contributed by atoms with Crippen molar-refractivity contribution in [2.24, 2.45) is 0 Å². The molecule has 0 heterocycles. The minimum Gasteiger partial charge on any atom is -0.493 e. The van der Waals surface area contributed by atoms with Crippen LogP contribution in [0.5, 0.6) is 17.2 Å². The fourth-order valence-electron chi connectivity index (χ4n) is 3.20. The zero-order valence-electron chi connectivity index (χ0n) is 18.5. The second-order valence-electron chi connectivity index (χ2n) is 7.13. The van der Waals surface area contributed by atoms with E-state index in [2.05, 4.69) is 0 Å². The fourth-order valence-corrected chi connectivity index (χ4v) is 3.20. The Balaban J connectivity index is 1.64. The molecule has 0 fully saturated rings. The summed E-state index contributed by atoms with van der Waals surface area (Å²) in [5.74, 6) is 1.76. The van der Waals surface area contributed by atoms with Gasteiger partial charge in [0.15, 0.2) is 17.3 Å². The molecule has 3 aromatic rings. The van der Waals surface area contributed by atoms with E-state index in [1.807, 2.05) is 54.6 Å². The van der Waals surface area contributed by atoms with Crippen molar-refractivity contribution in [1.29, 1.82) is 0 Å². The lowest BCUT2D eigenvalue weighted by atomic mass is 10.1. The molecule has 3 rings (SSSR count). The minimum absolute atomic E-state index is 0.0325. The Bertz CT molecular complexity index is 1090. The van der Waals surface area contributed by atoms with Gasteiger partial charge in [0.05, 0.1) is 21.3 Å². The molecule has 0 unspecified atom stereocenters. The molecule has 0 spiro atoms. The zero-order chi connectivity index (χ0) is 22.9. The van der Waals surface area contributed by atoms with Crippen LogP contribution >= 0.6 is 0 Å². The first kappa shape index (κ1) is 22.7. The molecule has 0 saturated carbocycles. The Morgan fingerprint density at radius 2 is 1.41 bits per heavy atom. The quantitative estimate of drug-likeness (QED) is 0.212. The summed E-state index contributed by atoms with van der Waals surface area (Å²) < 4.78 is 16.2. The van der Waals surface area contributed by atoms with Gasteiger partial charge in [-0.25, -0.2) is 0 Å². The van der Waals surface area contributed by atoms with Crippen molar-refractivity contribution in [2.45, 2.75) is 6.42 Å². The van der Waals surface area contributed by atoms with E-state index in [1.165, 1.54) is 0 Å². The fraction of sp³-hybridized carbons (Fsp3) is 0.148. The highest BCUT2D eigenvalue weighted by Gasteiger charge is 2.11. The molecule has 0 saturated heterocycles. The Labute approximate surface area is 188 Å². The molecule has 0 aliphatic heterocycles. The van der Waals surface area contributed by atoms with Crippen molar-refractivity contribution in [3.05, 3.63) is 95.1 Å². The summed E-state index contributed by atoms with van der Waals surface area (Å²) >= 11 is 0. The Morgan fingerprint density at radius 3 is 1.97 bits per heavy atom. The number of anilines is 1. The highest BCUT2D eigenvalue weighted by molar-refractivity contribution is 6.04. The topological polar surface area (TPSA) is 70.8 Å². The van der Waals surface area contributed by atoms with Crippen LogP contribution in [-0.2, 0) is 6.42 Å². The lowest BCUT2D eigenvalue weighted by Gasteiger charge is -2.12. The summed E-state index contributed by atoms with van der Waals surface area (Å²) in [6.45, 7) is 0. The Morgan fingerprint density at radius 1 is 0.812 bits per heavy atom. The molecule has 164 valence electrons. The average molecular weight is 430 g/mol. The number of methoxy groups -OCH3 is 3. The first-order chi connectivity index (χ1) is 15.5. The largest absolute Gasteiger partial charge is 0.493 e. The van der Waals surface area contributed by atoms with Crippen LogP contribution in [-0.4, -0.2) is 27.1 Å². The normalized spacial score (nSPS) is 11.1. The molecular weight excluding hydrogens is 402 g/mol. The van der Waals surface area contributed by atoms with Crippen molar-refractivity contribution >= 4 is 23.6 Å². The van der Waals surface area contributed by atoms with Crippen molar-refractivity contribution in [1.82, 2.24) is 0 Å². The lowest BCUT2D eigenvalue weighted by Crippen LogP contribution is -1.95. The summed E-state index contributed by atoms with van der Waals surface area (Å²) in [7, 11) is 4.78. The van der Waals surface area contributed by atoms with Crippen LogP contribution in [0.2, 0.25) is 0 Å². The third-order valence-corrected chi connectivity index (χ3v) is 4.95. The van der Waals surface area contributed by atoms with Crippen molar-refractivity contribution in [2.75, 3.05) is 27.1 Å². The van der Waals surface area contributed by atoms with Gasteiger partial charge in [0, 0.05) is 11.3 Å². The third-order valence-electron chi connectivity index (χ3n) is 4.95. The second kappa shape index (κ2) is 10.9. The molecule has 0 bridgehead atoms. The summed E-state index contributed by atoms with van der Waals surface area (Å²) in [6.07, 6.45) is 8.16. The maximum Gasteiger partial charge on any atom is 0.203 e. The summed E-state index contributed by atoms with van der Waals surface area (Å²) in [4.78, 5) is 12.2. The van der Waals surface area contributed by atoms with Gasteiger partial charge < -0.3 is 19.9 Å². The van der Waals surface area contributed by atoms with Crippen LogP contribution in [0, 0.1) is 0 Å².